The van der Waals surface area contributed by atoms with Crippen LogP contribution in [0.15, 0.2) is 35.6 Å². The first-order chi connectivity index (χ1) is 6.83. The zero-order chi connectivity index (χ0) is 10.2. The van der Waals surface area contributed by atoms with Gasteiger partial charge in [-0.15, -0.1) is 0 Å². The summed E-state index contributed by atoms with van der Waals surface area (Å²) in [6.07, 6.45) is 9.57. The van der Waals surface area contributed by atoms with E-state index < -0.39 is 0 Å². The molecule has 3 heteroatoms. The number of ether oxygens (including phenoxy) is 1. The molecule has 0 aromatic heterocycles. The van der Waals surface area contributed by atoms with Gasteiger partial charge in [0.05, 0.1) is 6.61 Å². The summed E-state index contributed by atoms with van der Waals surface area (Å²) in [7, 11) is 0. The second-order valence-corrected chi connectivity index (χ2v) is 3.36. The van der Waals surface area contributed by atoms with Gasteiger partial charge in [0.15, 0.2) is 0 Å². The maximum atomic E-state index is 5.25. The molecule has 0 heterocycles. The van der Waals surface area contributed by atoms with Crippen molar-refractivity contribution in [2.45, 2.75) is 20.3 Å². The summed E-state index contributed by atoms with van der Waals surface area (Å²) in [5.74, 6) is 0. The quantitative estimate of drug-likeness (QED) is 0.782. The third kappa shape index (κ3) is 7.05. The Morgan fingerprint density at radius 2 is 2.27 bits per heavy atom. The minimum Gasteiger partial charge on any atom is -0.383 e. The molecule has 1 aliphatic rings. The Balaban J connectivity index is 0.00000196. The van der Waals surface area contributed by atoms with Gasteiger partial charge in [-0.25, -0.2) is 0 Å². The summed E-state index contributed by atoms with van der Waals surface area (Å²) in [5, 5.41) is 3.33. The van der Waals surface area contributed by atoms with E-state index in [9.17, 15) is 0 Å². The second-order valence-electron chi connectivity index (χ2n) is 3.36. The molecule has 1 radical (unpaired) electrons. The van der Waals surface area contributed by atoms with E-state index in [1.807, 2.05) is 6.92 Å². The van der Waals surface area contributed by atoms with Crippen molar-refractivity contribution in [3.8, 4) is 0 Å². The Morgan fingerprint density at radius 1 is 1.47 bits per heavy atom. The predicted molar refractivity (Wildman–Crippen MR) is 60.1 cm³/mol. The Labute approximate surface area is 118 Å². The summed E-state index contributed by atoms with van der Waals surface area (Å²) in [6, 6.07) is 0. The van der Waals surface area contributed by atoms with Crippen LogP contribution in [0.25, 0.3) is 0 Å². The van der Waals surface area contributed by atoms with E-state index >= 15 is 0 Å². The van der Waals surface area contributed by atoms with E-state index in [0.29, 0.717) is 0 Å². The topological polar surface area (TPSA) is 21.3 Å². The predicted octanol–water partition coefficient (Wildman–Crippen LogP) is 2.40. The first kappa shape index (κ1) is 15.1. The largest absolute Gasteiger partial charge is 0.383 e. The molecule has 0 aromatic rings. The van der Waals surface area contributed by atoms with Crippen molar-refractivity contribution in [1.29, 1.82) is 0 Å². The van der Waals surface area contributed by atoms with E-state index in [0.717, 1.165) is 26.2 Å². The van der Waals surface area contributed by atoms with Gasteiger partial charge in [0.1, 0.15) is 0 Å². The monoisotopic (exact) mass is 282 g/mol. The fourth-order valence-corrected chi connectivity index (χ4v) is 1.27. The minimum absolute atomic E-state index is 0. The molecule has 0 saturated carbocycles. The summed E-state index contributed by atoms with van der Waals surface area (Å²) in [4.78, 5) is 0. The van der Waals surface area contributed by atoms with Gasteiger partial charge in [-0.1, -0.05) is 23.8 Å². The third-order valence-electron chi connectivity index (χ3n) is 2.08. The minimum atomic E-state index is 0. The standard InChI is InChI=1S/C12H19NO.Y/c1-3-14-10-9-13-12-6-4-5-11(2)7-8-12;/h4-6,8,13H,3,7,9-10H2,1-2H3;. The van der Waals surface area contributed by atoms with E-state index in [1.54, 1.807) is 0 Å². The van der Waals surface area contributed by atoms with Gasteiger partial charge in [0, 0.05) is 51.6 Å². The molecule has 81 valence electrons. The Morgan fingerprint density at radius 3 is 3.00 bits per heavy atom. The first-order valence-electron chi connectivity index (χ1n) is 5.18. The summed E-state index contributed by atoms with van der Waals surface area (Å²) in [5.41, 5.74) is 2.58. The van der Waals surface area contributed by atoms with Gasteiger partial charge in [-0.3, -0.25) is 0 Å². The van der Waals surface area contributed by atoms with Crippen LogP contribution in [0.3, 0.4) is 0 Å². The van der Waals surface area contributed by atoms with E-state index in [2.05, 4.69) is 36.5 Å². The number of hydrogen-bond acceptors (Lipinski definition) is 2. The van der Waals surface area contributed by atoms with Crippen LogP contribution in [0, 0.1) is 0 Å². The first-order valence-corrected chi connectivity index (χ1v) is 5.18. The second kappa shape index (κ2) is 9.32. The van der Waals surface area contributed by atoms with Crippen LogP contribution in [0.5, 0.6) is 0 Å². The fourth-order valence-electron chi connectivity index (χ4n) is 1.27. The van der Waals surface area contributed by atoms with E-state index in [1.165, 1.54) is 11.3 Å². The molecule has 0 atom stereocenters. The van der Waals surface area contributed by atoms with Gasteiger partial charge in [-0.05, 0) is 26.3 Å². The van der Waals surface area contributed by atoms with Crippen molar-refractivity contribution in [1.82, 2.24) is 5.32 Å². The summed E-state index contributed by atoms with van der Waals surface area (Å²) < 4.78 is 5.25. The average molecular weight is 282 g/mol. The van der Waals surface area contributed by atoms with Crippen molar-refractivity contribution < 1.29 is 37.4 Å². The van der Waals surface area contributed by atoms with Crippen LogP contribution in [-0.2, 0) is 37.4 Å². The van der Waals surface area contributed by atoms with Gasteiger partial charge in [-0.2, -0.15) is 0 Å². The number of rotatable bonds is 5. The third-order valence-corrected chi connectivity index (χ3v) is 2.08. The molecule has 0 unspecified atom stereocenters. The molecule has 0 fully saturated rings. The molecule has 1 N–H and O–H groups in total. The smallest absolute Gasteiger partial charge is 0.0638 e. The zero-order valence-electron chi connectivity index (χ0n) is 9.62. The maximum Gasteiger partial charge on any atom is 0.0638 e. The number of hydrogen-bond donors (Lipinski definition) is 1. The van der Waals surface area contributed by atoms with Crippen LogP contribution in [0.1, 0.15) is 20.3 Å². The average Bonchev–Trinajstić information content (AvgIpc) is 2.38. The number of allylic oxidation sites excluding steroid dienone is 5. The fraction of sp³-hybridized carbons (Fsp3) is 0.500. The summed E-state index contributed by atoms with van der Waals surface area (Å²) in [6.45, 7) is 6.59. The van der Waals surface area contributed by atoms with Crippen LogP contribution in [0.2, 0.25) is 0 Å². The van der Waals surface area contributed by atoms with Crippen LogP contribution in [-0.4, -0.2) is 19.8 Å². The Kier molecular flexibility index (Phi) is 9.37. The molecule has 0 aromatic carbocycles. The Bertz CT molecular complexity index is 256. The van der Waals surface area contributed by atoms with Crippen molar-refractivity contribution in [3.63, 3.8) is 0 Å². The molecular formula is C12H19NOY. The zero-order valence-corrected chi connectivity index (χ0v) is 12.5. The molecule has 1 rings (SSSR count). The van der Waals surface area contributed by atoms with Crippen molar-refractivity contribution in [2.24, 2.45) is 0 Å². The van der Waals surface area contributed by atoms with Crippen LogP contribution in [0.4, 0.5) is 0 Å². The molecule has 0 aliphatic heterocycles. The summed E-state index contributed by atoms with van der Waals surface area (Å²) >= 11 is 0. The van der Waals surface area contributed by atoms with Gasteiger partial charge in [0.25, 0.3) is 0 Å². The van der Waals surface area contributed by atoms with Crippen molar-refractivity contribution in [3.05, 3.63) is 35.6 Å². The van der Waals surface area contributed by atoms with Gasteiger partial charge < -0.3 is 10.1 Å². The van der Waals surface area contributed by atoms with Gasteiger partial charge >= 0.3 is 0 Å². The molecule has 1 aliphatic carbocycles. The molecule has 2 nitrogen and oxygen atoms in total. The van der Waals surface area contributed by atoms with Crippen LogP contribution >= 0.6 is 0 Å². The maximum absolute atomic E-state index is 5.25. The molecule has 0 bridgehead atoms. The number of nitrogens with one attached hydrogen (secondary N) is 1. The molecule has 0 spiro atoms. The molecule has 15 heavy (non-hydrogen) atoms. The van der Waals surface area contributed by atoms with Gasteiger partial charge in [0.2, 0.25) is 0 Å². The SMILES string of the molecule is CCOCCNC1=CCC(C)=CC=C1.[Y]. The van der Waals surface area contributed by atoms with Crippen molar-refractivity contribution in [2.75, 3.05) is 19.8 Å². The molecular weight excluding hydrogens is 263 g/mol. The molecule has 0 amide bonds. The van der Waals surface area contributed by atoms with Crippen LogP contribution < -0.4 is 5.32 Å². The molecule has 0 saturated heterocycles. The van der Waals surface area contributed by atoms with E-state index in [-0.39, 0.29) is 32.7 Å². The van der Waals surface area contributed by atoms with E-state index in [4.69, 9.17) is 4.74 Å². The normalized spacial score (nSPS) is 14.8. The Hall–Kier alpha value is 0.0839. The van der Waals surface area contributed by atoms with Crippen molar-refractivity contribution >= 4 is 0 Å².